The molecule has 2 aliphatic heterocycles. The van der Waals surface area contributed by atoms with Crippen LogP contribution in [0.2, 0.25) is 0 Å². The Balaban J connectivity index is 1.72. The minimum Gasteiger partial charge on any atom is -0.377 e. The van der Waals surface area contributed by atoms with Crippen LogP contribution in [0.25, 0.3) is 0 Å². The van der Waals surface area contributed by atoms with Crippen LogP contribution in [0.15, 0.2) is 6.20 Å². The fraction of sp³-hybridized carbons (Fsp3) is 0.846. The zero-order valence-electron chi connectivity index (χ0n) is 11.3. The maximum atomic E-state index is 5.47. The summed E-state index contributed by atoms with van der Waals surface area (Å²) in [6.07, 6.45) is 4.72. The topological polar surface area (TPSA) is 43.2 Å². The van der Waals surface area contributed by atoms with E-state index in [1.165, 1.54) is 25.9 Å². The first kappa shape index (κ1) is 12.1. The van der Waals surface area contributed by atoms with Gasteiger partial charge in [-0.25, -0.2) is 0 Å². The molecule has 3 rings (SSSR count). The van der Waals surface area contributed by atoms with Gasteiger partial charge in [0.25, 0.3) is 0 Å². The van der Waals surface area contributed by atoms with Crippen molar-refractivity contribution in [3.05, 3.63) is 11.9 Å². The molecule has 1 aromatic rings. The van der Waals surface area contributed by atoms with Crippen molar-refractivity contribution in [2.45, 2.75) is 44.7 Å². The molecule has 0 radical (unpaired) electrons. The maximum absolute atomic E-state index is 5.47. The Morgan fingerprint density at radius 3 is 2.56 bits per heavy atom. The van der Waals surface area contributed by atoms with E-state index in [0.717, 1.165) is 25.5 Å². The monoisotopic (exact) mass is 250 g/mol. The van der Waals surface area contributed by atoms with Gasteiger partial charge >= 0.3 is 0 Å². The SMILES string of the molecule is CC(C)c1cn(CC2(N3CCCC3)COC2)nn1. The second-order valence-corrected chi connectivity index (χ2v) is 5.91. The van der Waals surface area contributed by atoms with Crippen LogP contribution >= 0.6 is 0 Å². The van der Waals surface area contributed by atoms with Gasteiger partial charge in [0.2, 0.25) is 0 Å². The van der Waals surface area contributed by atoms with E-state index in [1.54, 1.807) is 0 Å². The molecule has 5 nitrogen and oxygen atoms in total. The molecular formula is C13H22N4O. The van der Waals surface area contributed by atoms with E-state index in [1.807, 2.05) is 4.68 Å². The highest BCUT2D eigenvalue weighted by atomic mass is 16.5. The molecule has 5 heteroatoms. The summed E-state index contributed by atoms with van der Waals surface area (Å²) in [6.45, 7) is 9.29. The Morgan fingerprint density at radius 2 is 2.06 bits per heavy atom. The van der Waals surface area contributed by atoms with Crippen LogP contribution in [0, 0.1) is 0 Å². The molecule has 0 spiro atoms. The molecule has 0 saturated carbocycles. The minimum absolute atomic E-state index is 0.179. The number of aromatic nitrogens is 3. The fourth-order valence-corrected chi connectivity index (χ4v) is 2.86. The molecule has 2 saturated heterocycles. The molecule has 0 atom stereocenters. The molecule has 1 aromatic heterocycles. The molecule has 0 unspecified atom stereocenters. The lowest BCUT2D eigenvalue weighted by atomic mass is 9.95. The summed E-state index contributed by atoms with van der Waals surface area (Å²) < 4.78 is 7.47. The molecule has 0 aromatic carbocycles. The van der Waals surface area contributed by atoms with Gasteiger partial charge in [-0.3, -0.25) is 9.58 Å². The number of rotatable bonds is 4. The average molecular weight is 250 g/mol. The van der Waals surface area contributed by atoms with Crippen molar-refractivity contribution >= 4 is 0 Å². The van der Waals surface area contributed by atoms with Gasteiger partial charge < -0.3 is 4.74 Å². The summed E-state index contributed by atoms with van der Waals surface area (Å²) in [5.41, 5.74) is 1.25. The average Bonchev–Trinajstić information content (AvgIpc) is 2.94. The van der Waals surface area contributed by atoms with Crippen molar-refractivity contribution < 1.29 is 4.74 Å². The highest BCUT2D eigenvalue weighted by Gasteiger charge is 2.45. The largest absolute Gasteiger partial charge is 0.377 e. The molecule has 0 N–H and O–H groups in total. The van der Waals surface area contributed by atoms with E-state index in [9.17, 15) is 0 Å². The first-order valence-corrected chi connectivity index (χ1v) is 6.92. The standard InChI is InChI=1S/C13H22N4O/c1-11(2)12-7-17(15-14-12)8-13(9-18-10-13)16-5-3-4-6-16/h7,11H,3-6,8-10H2,1-2H3. The summed E-state index contributed by atoms with van der Waals surface area (Å²) in [4.78, 5) is 2.58. The third kappa shape index (κ3) is 2.06. The van der Waals surface area contributed by atoms with Crippen LogP contribution < -0.4 is 0 Å². The molecule has 2 fully saturated rings. The molecule has 0 bridgehead atoms. The van der Waals surface area contributed by atoms with Crippen molar-refractivity contribution in [1.82, 2.24) is 19.9 Å². The summed E-state index contributed by atoms with van der Waals surface area (Å²) >= 11 is 0. The maximum Gasteiger partial charge on any atom is 0.0877 e. The number of hydrogen-bond acceptors (Lipinski definition) is 4. The van der Waals surface area contributed by atoms with Gasteiger partial charge in [0.1, 0.15) is 0 Å². The second kappa shape index (κ2) is 4.63. The van der Waals surface area contributed by atoms with E-state index < -0.39 is 0 Å². The zero-order valence-corrected chi connectivity index (χ0v) is 11.3. The van der Waals surface area contributed by atoms with Gasteiger partial charge in [-0.1, -0.05) is 19.1 Å². The summed E-state index contributed by atoms with van der Waals surface area (Å²) in [6, 6.07) is 0. The van der Waals surface area contributed by atoms with E-state index in [2.05, 4.69) is 35.3 Å². The lowest BCUT2D eigenvalue weighted by Gasteiger charge is -2.47. The Kier molecular flexibility index (Phi) is 3.11. The number of ether oxygens (including phenoxy) is 1. The van der Waals surface area contributed by atoms with Gasteiger partial charge in [-0.2, -0.15) is 0 Å². The van der Waals surface area contributed by atoms with Crippen LogP contribution in [0.3, 0.4) is 0 Å². The quantitative estimate of drug-likeness (QED) is 0.807. The summed E-state index contributed by atoms with van der Waals surface area (Å²) in [7, 11) is 0. The van der Waals surface area contributed by atoms with E-state index in [-0.39, 0.29) is 5.54 Å². The summed E-state index contributed by atoms with van der Waals surface area (Å²) in [5, 5.41) is 8.50. The molecular weight excluding hydrogens is 228 g/mol. The van der Waals surface area contributed by atoms with Gasteiger partial charge in [0.05, 0.1) is 31.0 Å². The van der Waals surface area contributed by atoms with Crippen LogP contribution in [0.1, 0.15) is 38.3 Å². The van der Waals surface area contributed by atoms with Crippen molar-refractivity contribution in [2.75, 3.05) is 26.3 Å². The van der Waals surface area contributed by atoms with Crippen molar-refractivity contribution in [2.24, 2.45) is 0 Å². The molecule has 3 heterocycles. The molecule has 0 amide bonds. The smallest absolute Gasteiger partial charge is 0.0877 e. The van der Waals surface area contributed by atoms with Crippen molar-refractivity contribution in [3.63, 3.8) is 0 Å². The first-order chi connectivity index (χ1) is 8.70. The van der Waals surface area contributed by atoms with E-state index in [4.69, 9.17) is 4.74 Å². The summed E-state index contributed by atoms with van der Waals surface area (Å²) in [5.74, 6) is 0.444. The second-order valence-electron chi connectivity index (χ2n) is 5.91. The fourth-order valence-electron chi connectivity index (χ4n) is 2.86. The number of likely N-dealkylation sites (tertiary alicyclic amines) is 1. The third-order valence-corrected chi connectivity index (χ3v) is 4.12. The Labute approximate surface area is 108 Å². The zero-order chi connectivity index (χ0) is 12.6. The Bertz CT molecular complexity index is 405. The third-order valence-electron chi connectivity index (χ3n) is 4.12. The van der Waals surface area contributed by atoms with Gasteiger partial charge in [0.15, 0.2) is 0 Å². The predicted octanol–water partition coefficient (Wildman–Crippen LogP) is 1.27. The lowest BCUT2D eigenvalue weighted by molar-refractivity contribution is -0.143. The molecule has 18 heavy (non-hydrogen) atoms. The highest BCUT2D eigenvalue weighted by Crippen LogP contribution is 2.30. The molecule has 2 aliphatic rings. The van der Waals surface area contributed by atoms with Gasteiger partial charge in [-0.15, -0.1) is 5.10 Å². The normalized spacial score (nSPS) is 23.5. The van der Waals surface area contributed by atoms with Crippen LogP contribution in [-0.2, 0) is 11.3 Å². The van der Waals surface area contributed by atoms with E-state index in [0.29, 0.717) is 5.92 Å². The Morgan fingerprint density at radius 1 is 1.33 bits per heavy atom. The highest BCUT2D eigenvalue weighted by molar-refractivity contribution is 5.02. The molecule has 0 aliphatic carbocycles. The van der Waals surface area contributed by atoms with Crippen LogP contribution in [-0.4, -0.2) is 51.7 Å². The van der Waals surface area contributed by atoms with Crippen LogP contribution in [0.5, 0.6) is 0 Å². The minimum atomic E-state index is 0.179. The number of nitrogens with zero attached hydrogens (tertiary/aromatic N) is 4. The molecule has 100 valence electrons. The Hall–Kier alpha value is -0.940. The van der Waals surface area contributed by atoms with Gasteiger partial charge in [-0.05, 0) is 31.8 Å². The lowest BCUT2D eigenvalue weighted by Crippen LogP contribution is -2.63. The van der Waals surface area contributed by atoms with E-state index >= 15 is 0 Å². The predicted molar refractivity (Wildman–Crippen MR) is 68.5 cm³/mol. The van der Waals surface area contributed by atoms with Crippen molar-refractivity contribution in [3.8, 4) is 0 Å². The van der Waals surface area contributed by atoms with Gasteiger partial charge in [0, 0.05) is 6.20 Å². The first-order valence-electron chi connectivity index (χ1n) is 6.92. The van der Waals surface area contributed by atoms with Crippen molar-refractivity contribution in [1.29, 1.82) is 0 Å². The van der Waals surface area contributed by atoms with Crippen LogP contribution in [0.4, 0.5) is 0 Å². The number of hydrogen-bond donors (Lipinski definition) is 0.